The minimum Gasteiger partial charge on any atom is -0.477 e. The fourth-order valence-electron chi connectivity index (χ4n) is 2.16. The SMILES string of the molecule is CC1=C(Cc2ccc(F)c(OC(F)(F)F)c2)C=N/C(=C(/C=N)C(=O)O)N1. The Labute approximate surface area is 145 Å². The minimum absolute atomic E-state index is 0.0334. The molecule has 0 aromatic heterocycles. The molecule has 1 heterocycles. The van der Waals surface area contributed by atoms with Crippen LogP contribution in [0.4, 0.5) is 17.6 Å². The normalized spacial score (nSPS) is 16.2. The standard InChI is InChI=1S/C16H13F4N3O3/c1-8-10(7-22-14(23-8)11(6-21)15(24)25)4-9-2-3-12(17)13(5-9)26-16(18,19)20/h2-3,5-7,21,23H,4H2,1H3,(H,24,25)/b14-11+,21-6?. The minimum atomic E-state index is -5.01. The summed E-state index contributed by atoms with van der Waals surface area (Å²) in [5.74, 6) is -3.45. The zero-order valence-corrected chi connectivity index (χ0v) is 13.3. The van der Waals surface area contributed by atoms with E-state index in [1.54, 1.807) is 6.92 Å². The van der Waals surface area contributed by atoms with Gasteiger partial charge in [-0.05, 0) is 30.2 Å². The molecule has 0 spiro atoms. The van der Waals surface area contributed by atoms with Crippen LogP contribution in [-0.2, 0) is 11.2 Å². The van der Waals surface area contributed by atoms with Gasteiger partial charge < -0.3 is 20.6 Å². The lowest BCUT2D eigenvalue weighted by molar-refractivity contribution is -0.275. The summed E-state index contributed by atoms with van der Waals surface area (Å²) < 4.78 is 54.0. The number of carbonyl (C=O) groups is 1. The van der Waals surface area contributed by atoms with Gasteiger partial charge in [-0.1, -0.05) is 6.07 Å². The molecule has 6 nitrogen and oxygen atoms in total. The quantitative estimate of drug-likeness (QED) is 0.421. The molecule has 0 atom stereocenters. The summed E-state index contributed by atoms with van der Waals surface area (Å²) in [5, 5.41) is 18.8. The van der Waals surface area contributed by atoms with E-state index >= 15 is 0 Å². The number of benzene rings is 1. The lowest BCUT2D eigenvalue weighted by Crippen LogP contribution is -2.22. The van der Waals surface area contributed by atoms with Gasteiger partial charge in [-0.2, -0.15) is 0 Å². The van der Waals surface area contributed by atoms with E-state index in [1.165, 1.54) is 12.3 Å². The second-order valence-corrected chi connectivity index (χ2v) is 5.23. The number of alkyl halides is 3. The first kappa shape index (κ1) is 19.2. The summed E-state index contributed by atoms with van der Waals surface area (Å²) >= 11 is 0. The number of carboxylic acids is 1. The molecule has 0 radical (unpaired) electrons. The Hall–Kier alpha value is -3.17. The van der Waals surface area contributed by atoms with Crippen LogP contribution in [0.3, 0.4) is 0 Å². The second-order valence-electron chi connectivity index (χ2n) is 5.23. The predicted octanol–water partition coefficient (Wildman–Crippen LogP) is 3.16. The van der Waals surface area contributed by atoms with Crippen LogP contribution in [0.1, 0.15) is 12.5 Å². The third-order valence-electron chi connectivity index (χ3n) is 3.38. The highest BCUT2D eigenvalue weighted by Crippen LogP contribution is 2.27. The van der Waals surface area contributed by atoms with Gasteiger partial charge in [0.15, 0.2) is 11.6 Å². The monoisotopic (exact) mass is 371 g/mol. The van der Waals surface area contributed by atoms with Crippen molar-refractivity contribution in [3.63, 3.8) is 0 Å². The molecule has 0 amide bonds. The van der Waals surface area contributed by atoms with Gasteiger partial charge in [0.2, 0.25) is 0 Å². The largest absolute Gasteiger partial charge is 0.573 e. The Balaban J connectivity index is 2.25. The number of nitrogens with one attached hydrogen (secondary N) is 2. The smallest absolute Gasteiger partial charge is 0.477 e. The van der Waals surface area contributed by atoms with Crippen molar-refractivity contribution < 1.29 is 32.2 Å². The maximum atomic E-state index is 13.5. The van der Waals surface area contributed by atoms with Gasteiger partial charge in [-0.25, -0.2) is 14.2 Å². The molecule has 1 aromatic rings. The highest BCUT2D eigenvalue weighted by molar-refractivity contribution is 6.08. The van der Waals surface area contributed by atoms with Gasteiger partial charge in [-0.3, -0.25) is 0 Å². The molecule has 0 fully saturated rings. The van der Waals surface area contributed by atoms with Gasteiger partial charge >= 0.3 is 12.3 Å². The molecule has 3 N–H and O–H groups in total. The van der Waals surface area contributed by atoms with E-state index in [2.05, 4.69) is 15.0 Å². The van der Waals surface area contributed by atoms with Gasteiger partial charge in [0, 0.05) is 24.5 Å². The topological polar surface area (TPSA) is 94.8 Å². The maximum Gasteiger partial charge on any atom is 0.573 e. The molecule has 26 heavy (non-hydrogen) atoms. The highest BCUT2D eigenvalue weighted by atomic mass is 19.4. The van der Waals surface area contributed by atoms with Crippen molar-refractivity contribution in [2.24, 2.45) is 4.99 Å². The summed E-state index contributed by atoms with van der Waals surface area (Å²) in [6.07, 6.45) is -2.93. The molecule has 10 heteroatoms. The number of aliphatic imine (C=N–C) groups is 1. The molecule has 0 unspecified atom stereocenters. The fourth-order valence-corrected chi connectivity index (χ4v) is 2.16. The number of carboxylic acid groups (broad SMARTS) is 1. The number of allylic oxidation sites excluding steroid dienone is 2. The molecule has 1 aliphatic heterocycles. The van der Waals surface area contributed by atoms with Crippen LogP contribution in [0, 0.1) is 11.2 Å². The van der Waals surface area contributed by atoms with Crippen LogP contribution in [0.15, 0.2) is 45.9 Å². The molecule has 0 saturated carbocycles. The zero-order chi connectivity index (χ0) is 19.5. The third-order valence-corrected chi connectivity index (χ3v) is 3.38. The summed E-state index contributed by atoms with van der Waals surface area (Å²) in [6.45, 7) is 1.61. The van der Waals surface area contributed by atoms with E-state index in [9.17, 15) is 22.4 Å². The first-order valence-electron chi connectivity index (χ1n) is 7.13. The summed E-state index contributed by atoms with van der Waals surface area (Å²) in [4.78, 5) is 14.9. The van der Waals surface area contributed by atoms with Crippen LogP contribution in [0.2, 0.25) is 0 Å². The van der Waals surface area contributed by atoms with Crippen molar-refractivity contribution in [3.8, 4) is 5.75 Å². The lowest BCUT2D eigenvalue weighted by atomic mass is 10.0. The fraction of sp³-hybridized carbons (Fsp3) is 0.188. The number of hydrogen-bond donors (Lipinski definition) is 3. The first-order valence-corrected chi connectivity index (χ1v) is 7.13. The number of aliphatic carboxylic acids is 1. The average Bonchev–Trinajstić information content (AvgIpc) is 2.52. The van der Waals surface area contributed by atoms with Crippen molar-refractivity contribution in [1.82, 2.24) is 5.32 Å². The van der Waals surface area contributed by atoms with E-state index in [0.717, 1.165) is 12.1 Å². The van der Waals surface area contributed by atoms with E-state index < -0.39 is 23.9 Å². The molecular weight excluding hydrogens is 358 g/mol. The second kappa shape index (κ2) is 7.38. The Morgan fingerprint density at radius 3 is 2.65 bits per heavy atom. The van der Waals surface area contributed by atoms with Crippen LogP contribution in [-0.4, -0.2) is 29.9 Å². The van der Waals surface area contributed by atoms with E-state index in [0.29, 0.717) is 23.0 Å². The molecule has 1 aromatic carbocycles. The van der Waals surface area contributed by atoms with Gasteiger partial charge in [-0.15, -0.1) is 13.2 Å². The van der Waals surface area contributed by atoms with Crippen LogP contribution >= 0.6 is 0 Å². The van der Waals surface area contributed by atoms with Crippen LogP contribution < -0.4 is 10.1 Å². The van der Waals surface area contributed by atoms with Crippen molar-refractivity contribution in [3.05, 3.63) is 52.2 Å². The highest BCUT2D eigenvalue weighted by Gasteiger charge is 2.32. The molecule has 1 aliphatic rings. The average molecular weight is 371 g/mol. The molecule has 2 rings (SSSR count). The Bertz CT molecular complexity index is 842. The van der Waals surface area contributed by atoms with Crippen molar-refractivity contribution in [2.75, 3.05) is 0 Å². The van der Waals surface area contributed by atoms with Gasteiger partial charge in [0.05, 0.1) is 0 Å². The van der Waals surface area contributed by atoms with Crippen LogP contribution in [0.25, 0.3) is 0 Å². The van der Waals surface area contributed by atoms with E-state index in [4.69, 9.17) is 10.5 Å². The lowest BCUT2D eigenvalue weighted by Gasteiger charge is -2.18. The molecule has 0 saturated heterocycles. The maximum absolute atomic E-state index is 13.5. The molecular formula is C16H13F4N3O3. The summed E-state index contributed by atoms with van der Waals surface area (Å²) in [5.41, 5.74) is 1.04. The molecule has 0 bridgehead atoms. The van der Waals surface area contributed by atoms with Gasteiger partial charge in [0.1, 0.15) is 11.4 Å². The molecule has 0 aliphatic carbocycles. The Kier molecular flexibility index (Phi) is 5.44. The summed E-state index contributed by atoms with van der Waals surface area (Å²) in [6, 6.07) is 3.10. The van der Waals surface area contributed by atoms with Crippen molar-refractivity contribution in [1.29, 1.82) is 5.41 Å². The first-order chi connectivity index (χ1) is 12.1. The number of nitrogens with zero attached hydrogens (tertiary/aromatic N) is 1. The number of ether oxygens (including phenoxy) is 1. The van der Waals surface area contributed by atoms with Crippen molar-refractivity contribution >= 4 is 18.4 Å². The van der Waals surface area contributed by atoms with Crippen molar-refractivity contribution in [2.45, 2.75) is 19.7 Å². The van der Waals surface area contributed by atoms with E-state index in [-0.39, 0.29) is 17.8 Å². The number of rotatable bonds is 5. The van der Waals surface area contributed by atoms with E-state index in [1.807, 2.05) is 0 Å². The zero-order valence-electron chi connectivity index (χ0n) is 13.3. The van der Waals surface area contributed by atoms with Gasteiger partial charge in [0.25, 0.3) is 0 Å². The number of halogens is 4. The summed E-state index contributed by atoms with van der Waals surface area (Å²) in [7, 11) is 0. The predicted molar refractivity (Wildman–Crippen MR) is 84.6 cm³/mol. The number of hydrogen-bond acceptors (Lipinski definition) is 5. The Morgan fingerprint density at radius 1 is 1.42 bits per heavy atom. The third kappa shape index (κ3) is 4.68. The Morgan fingerprint density at radius 2 is 2.12 bits per heavy atom. The molecule has 138 valence electrons. The van der Waals surface area contributed by atoms with Crippen LogP contribution in [0.5, 0.6) is 5.75 Å².